The summed E-state index contributed by atoms with van der Waals surface area (Å²) in [7, 11) is 0. The van der Waals surface area contributed by atoms with Crippen molar-refractivity contribution < 1.29 is 36.3 Å². The number of hydrogen-bond donors (Lipinski definition) is 1. The number of esters is 1. The summed E-state index contributed by atoms with van der Waals surface area (Å²) in [5.41, 5.74) is 0. The quantitative estimate of drug-likeness (QED) is 0.365. The smallest absolute Gasteiger partial charge is 0.463 e. The Balaban J connectivity index is 4.59. The summed E-state index contributed by atoms with van der Waals surface area (Å²) in [4.78, 5) is 23.0. The van der Waals surface area contributed by atoms with Gasteiger partial charge in [-0.05, 0) is 12.3 Å². The summed E-state index contributed by atoms with van der Waals surface area (Å²) in [5.74, 6) is -9.85. The largest absolute Gasteiger partial charge is 0.464 e. The number of nitrogens with one attached hydrogen (secondary N) is 1. The Hall–Kier alpha value is -1.41. The fraction of sp³-hybridized carbons (Fsp3) is 0.867. The Bertz CT molecular complexity index is 410. The van der Waals surface area contributed by atoms with Crippen LogP contribution in [-0.4, -0.2) is 36.6 Å². The van der Waals surface area contributed by atoms with Gasteiger partial charge in [-0.3, -0.25) is 4.79 Å². The van der Waals surface area contributed by atoms with E-state index in [2.05, 4.69) is 0 Å². The molecule has 0 aliphatic heterocycles. The highest BCUT2D eigenvalue weighted by Gasteiger charge is 2.63. The number of amides is 1. The molecule has 0 aliphatic carbocycles. The topological polar surface area (TPSA) is 55.4 Å². The maximum Gasteiger partial charge on any atom is 0.463 e. The number of ether oxygens (including phenoxy) is 1. The van der Waals surface area contributed by atoms with Crippen molar-refractivity contribution >= 4 is 11.9 Å². The van der Waals surface area contributed by atoms with Gasteiger partial charge in [0.1, 0.15) is 6.04 Å². The number of carbonyl (C=O) groups is 2. The number of unbranched alkanes of at least 4 members (excludes halogenated alkanes) is 4. The summed E-state index contributed by atoms with van der Waals surface area (Å²) in [6, 6.07) is -1.57. The molecule has 0 saturated heterocycles. The molecule has 142 valence electrons. The minimum atomic E-state index is -6.03. The monoisotopic (exact) mass is 361 g/mol. The van der Waals surface area contributed by atoms with Crippen molar-refractivity contribution in [2.75, 3.05) is 6.61 Å². The lowest BCUT2D eigenvalue weighted by Gasteiger charge is -2.24. The van der Waals surface area contributed by atoms with E-state index in [1.54, 1.807) is 0 Å². The normalized spacial score (nSPS) is 13.7. The van der Waals surface area contributed by atoms with Crippen LogP contribution in [0.4, 0.5) is 22.0 Å². The molecule has 0 aromatic heterocycles. The molecule has 9 heteroatoms. The molecule has 1 amide bonds. The molecule has 0 aromatic carbocycles. The Kier molecular flexibility index (Phi) is 9.21. The van der Waals surface area contributed by atoms with E-state index in [-0.39, 0.29) is 6.61 Å². The predicted molar refractivity (Wildman–Crippen MR) is 77.5 cm³/mol. The molecule has 0 rings (SSSR count). The Labute approximate surface area is 138 Å². The van der Waals surface area contributed by atoms with Gasteiger partial charge in [0, 0.05) is 0 Å². The zero-order valence-corrected chi connectivity index (χ0v) is 14.0. The molecular weight excluding hydrogens is 337 g/mol. The SMILES string of the molecule is CCCCCCCOC(=O)C(NC(=O)C(F)(F)C(F)(F)F)C(C)C. The molecule has 0 bridgehead atoms. The average Bonchev–Trinajstić information content (AvgIpc) is 2.46. The maximum atomic E-state index is 12.9. The van der Waals surface area contributed by atoms with Gasteiger partial charge in [-0.15, -0.1) is 0 Å². The third-order valence-electron chi connectivity index (χ3n) is 3.34. The van der Waals surface area contributed by atoms with E-state index in [0.29, 0.717) is 6.42 Å². The molecule has 4 nitrogen and oxygen atoms in total. The highest BCUT2D eigenvalue weighted by atomic mass is 19.4. The van der Waals surface area contributed by atoms with Crippen LogP contribution in [0.3, 0.4) is 0 Å². The van der Waals surface area contributed by atoms with Crippen LogP contribution in [0.2, 0.25) is 0 Å². The molecule has 0 saturated carbocycles. The number of hydrogen-bond acceptors (Lipinski definition) is 3. The summed E-state index contributed by atoms with van der Waals surface area (Å²) in [5, 5.41) is 1.44. The third kappa shape index (κ3) is 7.00. The van der Waals surface area contributed by atoms with Gasteiger partial charge in [0.05, 0.1) is 6.61 Å². The molecule has 1 atom stereocenters. The lowest BCUT2D eigenvalue weighted by molar-refractivity contribution is -0.270. The van der Waals surface area contributed by atoms with E-state index in [0.717, 1.165) is 25.7 Å². The van der Waals surface area contributed by atoms with Gasteiger partial charge in [-0.1, -0.05) is 46.5 Å². The van der Waals surface area contributed by atoms with Crippen molar-refractivity contribution in [2.45, 2.75) is 71.0 Å². The van der Waals surface area contributed by atoms with Crippen LogP contribution in [0.1, 0.15) is 52.9 Å². The first-order valence-electron chi connectivity index (χ1n) is 7.87. The molecule has 0 fully saturated rings. The van der Waals surface area contributed by atoms with Crippen LogP contribution < -0.4 is 5.32 Å². The van der Waals surface area contributed by atoms with Crippen LogP contribution >= 0.6 is 0 Å². The summed E-state index contributed by atoms with van der Waals surface area (Å²) in [6.07, 6.45) is -1.63. The van der Waals surface area contributed by atoms with E-state index >= 15 is 0 Å². The first kappa shape index (κ1) is 22.6. The fourth-order valence-electron chi connectivity index (χ4n) is 1.83. The number of rotatable bonds is 10. The first-order chi connectivity index (χ1) is 10.9. The van der Waals surface area contributed by atoms with Gasteiger partial charge in [0.15, 0.2) is 0 Å². The van der Waals surface area contributed by atoms with Gasteiger partial charge in [0.25, 0.3) is 0 Å². The van der Waals surface area contributed by atoms with Gasteiger partial charge in [0.2, 0.25) is 0 Å². The highest BCUT2D eigenvalue weighted by molar-refractivity contribution is 5.89. The molecule has 0 heterocycles. The summed E-state index contributed by atoms with van der Waals surface area (Å²) < 4.78 is 67.2. The highest BCUT2D eigenvalue weighted by Crippen LogP contribution is 2.35. The van der Waals surface area contributed by atoms with Crippen LogP contribution in [0.5, 0.6) is 0 Å². The van der Waals surface area contributed by atoms with Crippen molar-refractivity contribution in [1.82, 2.24) is 5.32 Å². The minimum absolute atomic E-state index is 0.0251. The zero-order valence-electron chi connectivity index (χ0n) is 14.0. The van der Waals surface area contributed by atoms with Crippen molar-refractivity contribution in [3.63, 3.8) is 0 Å². The average molecular weight is 361 g/mol. The summed E-state index contributed by atoms with van der Waals surface area (Å²) in [6.45, 7) is 4.86. The van der Waals surface area contributed by atoms with E-state index in [9.17, 15) is 31.5 Å². The standard InChI is InChI=1S/C15H24F5NO3/c1-4-5-6-7-8-9-24-12(22)11(10(2)3)21-13(23)14(16,17)15(18,19)20/h10-11H,4-9H2,1-3H3,(H,21,23). The number of carbonyl (C=O) groups excluding carboxylic acids is 2. The van der Waals surface area contributed by atoms with Gasteiger partial charge in [-0.25, -0.2) is 4.79 Å². The van der Waals surface area contributed by atoms with E-state index in [1.807, 2.05) is 6.92 Å². The van der Waals surface area contributed by atoms with Crippen molar-refractivity contribution in [1.29, 1.82) is 0 Å². The van der Waals surface area contributed by atoms with Gasteiger partial charge >= 0.3 is 24.0 Å². The van der Waals surface area contributed by atoms with Crippen molar-refractivity contribution in [3.05, 3.63) is 0 Å². The molecular formula is C15H24F5NO3. The lowest BCUT2D eigenvalue weighted by Crippen LogP contribution is -2.56. The van der Waals surface area contributed by atoms with Crippen LogP contribution in [0.15, 0.2) is 0 Å². The van der Waals surface area contributed by atoms with Crippen molar-refractivity contribution in [2.24, 2.45) is 5.92 Å². The molecule has 1 N–H and O–H groups in total. The van der Waals surface area contributed by atoms with Crippen LogP contribution in [0, 0.1) is 5.92 Å². The van der Waals surface area contributed by atoms with E-state index in [4.69, 9.17) is 4.74 Å². The second-order valence-corrected chi connectivity index (χ2v) is 5.85. The van der Waals surface area contributed by atoms with Crippen molar-refractivity contribution in [3.8, 4) is 0 Å². The van der Waals surface area contributed by atoms with Crippen LogP contribution in [-0.2, 0) is 14.3 Å². The Morgan fingerprint density at radius 2 is 1.54 bits per heavy atom. The Morgan fingerprint density at radius 3 is 2.00 bits per heavy atom. The third-order valence-corrected chi connectivity index (χ3v) is 3.34. The lowest BCUT2D eigenvalue weighted by atomic mass is 10.0. The number of halogens is 5. The second-order valence-electron chi connectivity index (χ2n) is 5.85. The minimum Gasteiger partial charge on any atom is -0.464 e. The molecule has 1 unspecified atom stereocenters. The van der Waals surface area contributed by atoms with E-state index in [1.165, 1.54) is 19.2 Å². The van der Waals surface area contributed by atoms with Crippen LogP contribution in [0.25, 0.3) is 0 Å². The zero-order chi connectivity index (χ0) is 19.0. The molecule has 0 aromatic rings. The van der Waals surface area contributed by atoms with Gasteiger partial charge < -0.3 is 10.1 Å². The molecule has 0 radical (unpaired) electrons. The fourth-order valence-corrected chi connectivity index (χ4v) is 1.83. The number of alkyl halides is 5. The maximum absolute atomic E-state index is 12.9. The molecule has 0 spiro atoms. The first-order valence-corrected chi connectivity index (χ1v) is 7.87. The van der Waals surface area contributed by atoms with Gasteiger partial charge in [-0.2, -0.15) is 22.0 Å². The summed E-state index contributed by atoms with van der Waals surface area (Å²) >= 11 is 0. The molecule has 24 heavy (non-hydrogen) atoms. The van der Waals surface area contributed by atoms with E-state index < -0.39 is 35.9 Å². The molecule has 0 aliphatic rings. The predicted octanol–water partition coefficient (Wildman–Crippen LogP) is 3.84. The second kappa shape index (κ2) is 9.78. The Morgan fingerprint density at radius 1 is 1.00 bits per heavy atom.